The van der Waals surface area contributed by atoms with Gasteiger partial charge in [0.05, 0.1) is 5.56 Å². The number of halogens is 2. The van der Waals surface area contributed by atoms with E-state index >= 15 is 0 Å². The van der Waals surface area contributed by atoms with Crippen molar-refractivity contribution >= 4 is 23.4 Å². The van der Waals surface area contributed by atoms with Crippen LogP contribution < -0.4 is 5.32 Å². The first-order valence-corrected chi connectivity index (χ1v) is 9.64. The Labute approximate surface area is 174 Å². The Morgan fingerprint density at radius 3 is 2.53 bits per heavy atom. The predicted molar refractivity (Wildman–Crippen MR) is 108 cm³/mol. The molecule has 2 aromatic heterocycles. The maximum absolute atomic E-state index is 14.2. The van der Waals surface area contributed by atoms with Gasteiger partial charge in [-0.3, -0.25) is 9.48 Å². The molecule has 0 aliphatic rings. The van der Waals surface area contributed by atoms with Crippen molar-refractivity contribution < 1.29 is 13.6 Å². The Hall–Kier alpha value is -3.53. The van der Waals surface area contributed by atoms with Crippen LogP contribution in [0.1, 0.15) is 10.4 Å². The number of nitrogens with zero attached hydrogens (tertiary/aromatic N) is 5. The van der Waals surface area contributed by atoms with Crippen LogP contribution in [-0.4, -0.2) is 30.5 Å². The van der Waals surface area contributed by atoms with E-state index in [-0.39, 0.29) is 16.8 Å². The third kappa shape index (κ3) is 4.08. The summed E-state index contributed by atoms with van der Waals surface area (Å²) in [6, 6.07) is 10.4. The van der Waals surface area contributed by atoms with E-state index in [1.807, 2.05) is 19.2 Å². The first-order valence-electron chi connectivity index (χ1n) is 8.83. The summed E-state index contributed by atoms with van der Waals surface area (Å²) in [5.74, 6) is -1.93. The van der Waals surface area contributed by atoms with Gasteiger partial charge in [0.15, 0.2) is 5.16 Å². The number of hydrogen-bond acceptors (Lipinski definition) is 5. The number of benzene rings is 2. The highest BCUT2D eigenvalue weighted by molar-refractivity contribution is 7.99. The zero-order chi connectivity index (χ0) is 21.3. The smallest absolute Gasteiger partial charge is 0.259 e. The number of rotatable bonds is 5. The molecule has 0 unspecified atom stereocenters. The quantitative estimate of drug-likeness (QED) is 0.524. The maximum atomic E-state index is 14.2. The fraction of sp³-hybridized carbons (Fsp3) is 0.100. The van der Waals surface area contributed by atoms with Gasteiger partial charge in [-0.1, -0.05) is 0 Å². The fourth-order valence-corrected chi connectivity index (χ4v) is 3.57. The van der Waals surface area contributed by atoms with Crippen molar-refractivity contribution in [2.24, 2.45) is 14.1 Å². The molecular formula is C20H16F2N6OS. The van der Waals surface area contributed by atoms with Crippen LogP contribution in [0.15, 0.2) is 65.0 Å². The van der Waals surface area contributed by atoms with Crippen molar-refractivity contribution in [3.8, 4) is 11.3 Å². The van der Waals surface area contributed by atoms with Crippen molar-refractivity contribution in [2.75, 3.05) is 5.32 Å². The normalized spacial score (nSPS) is 10.9. The summed E-state index contributed by atoms with van der Waals surface area (Å²) in [5, 5.41) is 15.5. The first kappa shape index (κ1) is 19.8. The molecule has 0 saturated heterocycles. The van der Waals surface area contributed by atoms with E-state index < -0.39 is 17.5 Å². The average molecular weight is 426 g/mol. The zero-order valence-electron chi connectivity index (χ0n) is 16.0. The number of amides is 1. The van der Waals surface area contributed by atoms with E-state index in [1.165, 1.54) is 28.7 Å². The standard InChI is InChI=1S/C20H16F2N6OS/c1-27-11-23-25-20(27)30-14-6-4-13(5-7-14)24-19(29)16-10-28(2)26-18(16)15-8-3-12(21)9-17(15)22/h3-11H,1-2H3,(H,24,29). The molecule has 0 aliphatic carbocycles. The second-order valence-corrected chi connectivity index (χ2v) is 7.53. The molecule has 10 heteroatoms. The Kier molecular flexibility index (Phi) is 5.32. The fourth-order valence-electron chi connectivity index (χ4n) is 2.81. The molecule has 4 aromatic rings. The van der Waals surface area contributed by atoms with Gasteiger partial charge < -0.3 is 9.88 Å². The van der Waals surface area contributed by atoms with Gasteiger partial charge in [0.25, 0.3) is 5.91 Å². The molecule has 1 N–H and O–H groups in total. The molecule has 7 nitrogen and oxygen atoms in total. The van der Waals surface area contributed by atoms with Crippen LogP contribution in [0.3, 0.4) is 0 Å². The molecule has 4 rings (SSSR count). The highest BCUT2D eigenvalue weighted by Crippen LogP contribution is 2.28. The van der Waals surface area contributed by atoms with E-state index in [0.717, 1.165) is 22.2 Å². The first-order chi connectivity index (χ1) is 14.4. The second kappa shape index (κ2) is 8.07. The molecule has 0 spiro atoms. The monoisotopic (exact) mass is 426 g/mol. The van der Waals surface area contributed by atoms with Crippen molar-refractivity contribution in [1.29, 1.82) is 0 Å². The Bertz CT molecular complexity index is 1220. The number of aromatic nitrogens is 5. The van der Waals surface area contributed by atoms with Gasteiger partial charge >= 0.3 is 0 Å². The minimum atomic E-state index is -0.784. The van der Waals surface area contributed by atoms with Crippen LogP contribution in [0.4, 0.5) is 14.5 Å². The lowest BCUT2D eigenvalue weighted by Gasteiger charge is -2.07. The number of aryl methyl sites for hydroxylation is 2. The number of carbonyl (C=O) groups is 1. The number of carbonyl (C=O) groups excluding carboxylic acids is 1. The molecule has 30 heavy (non-hydrogen) atoms. The summed E-state index contributed by atoms with van der Waals surface area (Å²) in [5.41, 5.74) is 0.941. The summed E-state index contributed by atoms with van der Waals surface area (Å²) >= 11 is 1.44. The SMILES string of the molecule is Cn1cc(C(=O)Nc2ccc(Sc3nncn3C)cc2)c(-c2ccc(F)cc2F)n1. The van der Waals surface area contributed by atoms with E-state index in [4.69, 9.17) is 0 Å². The summed E-state index contributed by atoms with van der Waals surface area (Å²) in [6.07, 6.45) is 3.11. The molecule has 2 heterocycles. The number of anilines is 1. The third-order valence-electron chi connectivity index (χ3n) is 4.25. The molecule has 152 valence electrons. The largest absolute Gasteiger partial charge is 0.322 e. The zero-order valence-corrected chi connectivity index (χ0v) is 16.8. The van der Waals surface area contributed by atoms with E-state index in [2.05, 4.69) is 20.6 Å². The average Bonchev–Trinajstić information content (AvgIpc) is 3.29. The lowest BCUT2D eigenvalue weighted by atomic mass is 10.1. The number of hydrogen-bond donors (Lipinski definition) is 1. The van der Waals surface area contributed by atoms with Gasteiger partial charge in [-0.05, 0) is 48.2 Å². The Morgan fingerprint density at radius 2 is 1.87 bits per heavy atom. The van der Waals surface area contributed by atoms with Crippen LogP contribution in [0.5, 0.6) is 0 Å². The topological polar surface area (TPSA) is 77.6 Å². The molecule has 0 fully saturated rings. The van der Waals surface area contributed by atoms with Gasteiger partial charge in [-0.25, -0.2) is 8.78 Å². The van der Waals surface area contributed by atoms with Gasteiger partial charge in [-0.15, -0.1) is 10.2 Å². The van der Waals surface area contributed by atoms with Gasteiger partial charge in [0.2, 0.25) is 0 Å². The van der Waals surface area contributed by atoms with E-state index in [0.29, 0.717) is 5.69 Å². The minimum absolute atomic E-state index is 0.0533. The van der Waals surface area contributed by atoms with Gasteiger partial charge in [-0.2, -0.15) is 5.10 Å². The molecule has 0 saturated carbocycles. The van der Waals surface area contributed by atoms with Crippen LogP contribution in [-0.2, 0) is 14.1 Å². The van der Waals surface area contributed by atoms with E-state index in [9.17, 15) is 13.6 Å². The molecule has 0 radical (unpaired) electrons. The Morgan fingerprint density at radius 1 is 1.10 bits per heavy atom. The molecule has 1 amide bonds. The van der Waals surface area contributed by atoms with Gasteiger partial charge in [0, 0.05) is 42.5 Å². The van der Waals surface area contributed by atoms with Crippen molar-refractivity contribution in [3.05, 3.63) is 72.2 Å². The van der Waals surface area contributed by atoms with Crippen LogP contribution in [0.2, 0.25) is 0 Å². The van der Waals surface area contributed by atoms with Crippen LogP contribution in [0.25, 0.3) is 11.3 Å². The van der Waals surface area contributed by atoms with Crippen LogP contribution in [0, 0.1) is 11.6 Å². The van der Waals surface area contributed by atoms with Crippen molar-refractivity contribution in [3.63, 3.8) is 0 Å². The highest BCUT2D eigenvalue weighted by Gasteiger charge is 2.20. The maximum Gasteiger partial charge on any atom is 0.259 e. The lowest BCUT2D eigenvalue weighted by molar-refractivity contribution is 0.102. The third-order valence-corrected chi connectivity index (χ3v) is 5.31. The molecule has 0 aliphatic heterocycles. The van der Waals surface area contributed by atoms with Crippen molar-refractivity contribution in [1.82, 2.24) is 24.5 Å². The molecular weight excluding hydrogens is 410 g/mol. The van der Waals surface area contributed by atoms with Crippen molar-refractivity contribution in [2.45, 2.75) is 10.1 Å². The summed E-state index contributed by atoms with van der Waals surface area (Å²) in [7, 11) is 3.48. The second-order valence-electron chi connectivity index (χ2n) is 6.49. The molecule has 0 atom stereocenters. The number of nitrogens with one attached hydrogen (secondary N) is 1. The molecule has 0 bridgehead atoms. The highest BCUT2D eigenvalue weighted by atomic mass is 32.2. The van der Waals surface area contributed by atoms with Crippen LogP contribution >= 0.6 is 11.8 Å². The molecule has 2 aromatic carbocycles. The van der Waals surface area contributed by atoms with E-state index in [1.54, 1.807) is 30.1 Å². The minimum Gasteiger partial charge on any atom is -0.322 e. The predicted octanol–water partition coefficient (Wildman–Crippen LogP) is 3.90. The lowest BCUT2D eigenvalue weighted by Crippen LogP contribution is -2.12. The summed E-state index contributed by atoms with van der Waals surface area (Å²) in [6.45, 7) is 0. The Balaban J connectivity index is 1.54. The summed E-state index contributed by atoms with van der Waals surface area (Å²) in [4.78, 5) is 13.7. The van der Waals surface area contributed by atoms with Gasteiger partial charge in [0.1, 0.15) is 23.7 Å². The summed E-state index contributed by atoms with van der Waals surface area (Å²) < 4.78 is 30.7.